The summed E-state index contributed by atoms with van der Waals surface area (Å²) < 4.78 is 18.5. The second-order valence-electron chi connectivity index (χ2n) is 5.78. The third-order valence-electron chi connectivity index (χ3n) is 4.18. The fraction of sp³-hybridized carbons (Fsp3) is 0.412. The Hall–Kier alpha value is -2.21. The van der Waals surface area contributed by atoms with Crippen LogP contribution in [-0.4, -0.2) is 42.2 Å². The molecule has 1 N–H and O–H groups in total. The normalized spacial score (nSPS) is 18.2. The zero-order valence-electron chi connectivity index (χ0n) is 13.1. The Balaban J connectivity index is 1.70. The molecule has 2 aromatic rings. The van der Waals surface area contributed by atoms with Crippen LogP contribution in [0.4, 0.5) is 9.18 Å². The minimum atomic E-state index is -0.297. The first kappa shape index (κ1) is 15.7. The van der Waals surface area contributed by atoms with Crippen molar-refractivity contribution in [2.45, 2.75) is 25.4 Å². The number of hydrogen-bond acceptors (Lipinski definition) is 4. The highest BCUT2D eigenvalue weighted by Gasteiger charge is 2.23. The second-order valence-corrected chi connectivity index (χ2v) is 5.78. The van der Waals surface area contributed by atoms with Gasteiger partial charge in [-0.25, -0.2) is 9.18 Å². The van der Waals surface area contributed by atoms with Crippen LogP contribution in [-0.2, 0) is 11.3 Å². The maximum Gasteiger partial charge on any atom is 0.409 e. The molecule has 1 unspecified atom stereocenters. The average molecular weight is 317 g/mol. The van der Waals surface area contributed by atoms with E-state index in [0.29, 0.717) is 13.1 Å². The Kier molecular flexibility index (Phi) is 4.71. The smallest absolute Gasteiger partial charge is 0.409 e. The molecule has 1 saturated heterocycles. The van der Waals surface area contributed by atoms with E-state index in [0.717, 1.165) is 35.9 Å². The van der Waals surface area contributed by atoms with Crippen molar-refractivity contribution >= 4 is 17.0 Å². The summed E-state index contributed by atoms with van der Waals surface area (Å²) in [5.41, 5.74) is 1.64. The molecule has 0 spiro atoms. The maximum atomic E-state index is 13.8. The fourth-order valence-corrected chi connectivity index (χ4v) is 3.06. The van der Waals surface area contributed by atoms with Gasteiger partial charge in [0.1, 0.15) is 5.82 Å². The van der Waals surface area contributed by atoms with Gasteiger partial charge in [-0.05, 0) is 36.6 Å². The molecule has 3 rings (SSSR count). The fourth-order valence-electron chi connectivity index (χ4n) is 3.06. The molecule has 1 fully saturated rings. The number of rotatable bonds is 3. The molecule has 0 aliphatic carbocycles. The number of halogens is 1. The number of benzene rings is 1. The zero-order chi connectivity index (χ0) is 16.2. The van der Waals surface area contributed by atoms with Gasteiger partial charge in [0.15, 0.2) is 0 Å². The van der Waals surface area contributed by atoms with Gasteiger partial charge < -0.3 is 15.0 Å². The minimum Gasteiger partial charge on any atom is -0.453 e. The molecular weight excluding hydrogens is 297 g/mol. The number of ether oxygens (including phenoxy) is 1. The van der Waals surface area contributed by atoms with Crippen molar-refractivity contribution in [3.05, 3.63) is 41.8 Å². The van der Waals surface area contributed by atoms with Gasteiger partial charge in [0.2, 0.25) is 0 Å². The third-order valence-corrected chi connectivity index (χ3v) is 4.18. The summed E-state index contributed by atoms with van der Waals surface area (Å²) in [4.78, 5) is 17.7. The van der Waals surface area contributed by atoms with E-state index in [-0.39, 0.29) is 18.0 Å². The summed E-state index contributed by atoms with van der Waals surface area (Å²) >= 11 is 0. The Morgan fingerprint density at radius 1 is 1.52 bits per heavy atom. The summed E-state index contributed by atoms with van der Waals surface area (Å²) in [6.45, 7) is 1.84. The van der Waals surface area contributed by atoms with Crippen molar-refractivity contribution < 1.29 is 13.9 Å². The maximum absolute atomic E-state index is 13.8. The molecule has 1 amide bonds. The monoisotopic (exact) mass is 317 g/mol. The summed E-state index contributed by atoms with van der Waals surface area (Å²) in [6, 6.07) is 6.84. The first-order valence-electron chi connectivity index (χ1n) is 7.77. The van der Waals surface area contributed by atoms with Gasteiger partial charge in [0.25, 0.3) is 0 Å². The Morgan fingerprint density at radius 3 is 3.22 bits per heavy atom. The molecule has 0 bridgehead atoms. The molecular formula is C17H20FN3O2. The minimum absolute atomic E-state index is 0.171. The number of carbonyl (C=O) groups is 1. The molecule has 6 heteroatoms. The van der Waals surface area contributed by atoms with Crippen LogP contribution in [0.3, 0.4) is 0 Å². The van der Waals surface area contributed by atoms with E-state index in [9.17, 15) is 9.18 Å². The molecule has 0 radical (unpaired) electrons. The topological polar surface area (TPSA) is 54.5 Å². The van der Waals surface area contributed by atoms with Crippen LogP contribution in [0.15, 0.2) is 30.5 Å². The average Bonchev–Trinajstić information content (AvgIpc) is 2.59. The highest BCUT2D eigenvalue weighted by atomic mass is 19.1. The van der Waals surface area contributed by atoms with Gasteiger partial charge in [-0.3, -0.25) is 4.98 Å². The van der Waals surface area contributed by atoms with E-state index in [1.165, 1.54) is 19.2 Å². The number of nitrogens with zero attached hydrogens (tertiary/aromatic N) is 2. The molecule has 1 atom stereocenters. The number of pyridine rings is 1. The number of piperidine rings is 1. The van der Waals surface area contributed by atoms with E-state index >= 15 is 0 Å². The lowest BCUT2D eigenvalue weighted by Gasteiger charge is -2.32. The van der Waals surface area contributed by atoms with Crippen LogP contribution in [0.2, 0.25) is 0 Å². The molecule has 1 aromatic carbocycles. The molecule has 5 nitrogen and oxygen atoms in total. The van der Waals surface area contributed by atoms with E-state index in [1.54, 1.807) is 17.2 Å². The van der Waals surface area contributed by atoms with Crippen LogP contribution in [0.5, 0.6) is 0 Å². The summed E-state index contributed by atoms with van der Waals surface area (Å²) in [7, 11) is 1.39. The number of nitrogens with one attached hydrogen (secondary N) is 1. The van der Waals surface area contributed by atoms with Gasteiger partial charge in [0.05, 0.1) is 12.6 Å². The van der Waals surface area contributed by atoms with Crippen LogP contribution in [0, 0.1) is 5.82 Å². The quantitative estimate of drug-likeness (QED) is 0.946. The van der Waals surface area contributed by atoms with Gasteiger partial charge >= 0.3 is 6.09 Å². The summed E-state index contributed by atoms with van der Waals surface area (Å²) in [6.07, 6.45) is 3.32. The van der Waals surface area contributed by atoms with E-state index in [2.05, 4.69) is 10.3 Å². The van der Waals surface area contributed by atoms with Gasteiger partial charge in [-0.15, -0.1) is 0 Å². The molecule has 122 valence electrons. The molecule has 1 aliphatic rings. The van der Waals surface area contributed by atoms with Crippen LogP contribution in [0.25, 0.3) is 10.9 Å². The Bertz CT molecular complexity index is 707. The Labute approximate surface area is 134 Å². The van der Waals surface area contributed by atoms with Gasteiger partial charge in [-0.1, -0.05) is 6.07 Å². The SMILES string of the molecule is COC(=O)N1CCCC(NCc2cc(F)cc3cccnc23)C1. The van der Waals surface area contributed by atoms with Crippen molar-refractivity contribution in [2.75, 3.05) is 20.2 Å². The highest BCUT2D eigenvalue weighted by Crippen LogP contribution is 2.19. The highest BCUT2D eigenvalue weighted by molar-refractivity contribution is 5.81. The van der Waals surface area contributed by atoms with Crippen molar-refractivity contribution in [3.8, 4) is 0 Å². The number of hydrogen-bond donors (Lipinski definition) is 1. The number of methoxy groups -OCH3 is 1. The predicted molar refractivity (Wildman–Crippen MR) is 85.5 cm³/mol. The zero-order valence-corrected chi connectivity index (χ0v) is 13.1. The lowest BCUT2D eigenvalue weighted by atomic mass is 10.0. The molecule has 2 heterocycles. The largest absolute Gasteiger partial charge is 0.453 e. The van der Waals surface area contributed by atoms with Crippen molar-refractivity contribution in [1.29, 1.82) is 0 Å². The molecule has 1 aromatic heterocycles. The second kappa shape index (κ2) is 6.91. The first-order chi connectivity index (χ1) is 11.2. The first-order valence-corrected chi connectivity index (χ1v) is 7.77. The van der Waals surface area contributed by atoms with Crippen LogP contribution < -0.4 is 5.32 Å². The van der Waals surface area contributed by atoms with Crippen molar-refractivity contribution in [2.24, 2.45) is 0 Å². The van der Waals surface area contributed by atoms with E-state index in [1.807, 2.05) is 6.07 Å². The molecule has 1 aliphatic heterocycles. The van der Waals surface area contributed by atoms with Gasteiger partial charge in [0, 0.05) is 37.3 Å². The number of amides is 1. The van der Waals surface area contributed by atoms with Crippen molar-refractivity contribution in [3.63, 3.8) is 0 Å². The number of fused-ring (bicyclic) bond motifs is 1. The van der Waals surface area contributed by atoms with Gasteiger partial charge in [-0.2, -0.15) is 0 Å². The number of aromatic nitrogens is 1. The van der Waals surface area contributed by atoms with Crippen molar-refractivity contribution in [1.82, 2.24) is 15.2 Å². The summed E-state index contributed by atoms with van der Waals surface area (Å²) in [5.74, 6) is -0.262. The lowest BCUT2D eigenvalue weighted by molar-refractivity contribution is 0.107. The van der Waals surface area contributed by atoms with Crippen LogP contribution >= 0.6 is 0 Å². The lowest BCUT2D eigenvalue weighted by Crippen LogP contribution is -2.47. The van der Waals surface area contributed by atoms with E-state index in [4.69, 9.17) is 4.74 Å². The third kappa shape index (κ3) is 3.59. The molecule has 23 heavy (non-hydrogen) atoms. The standard InChI is InChI=1S/C17H20FN3O2/c1-23-17(22)21-7-3-5-15(11-21)20-10-13-9-14(18)8-12-4-2-6-19-16(12)13/h2,4,6,8-9,15,20H,3,5,7,10-11H2,1H3. The predicted octanol–water partition coefficient (Wildman–Crippen LogP) is 2.69. The van der Waals surface area contributed by atoms with Crippen LogP contribution in [0.1, 0.15) is 18.4 Å². The number of carbonyl (C=O) groups excluding carboxylic acids is 1. The molecule has 0 saturated carbocycles. The van der Waals surface area contributed by atoms with E-state index < -0.39 is 0 Å². The Morgan fingerprint density at radius 2 is 2.39 bits per heavy atom. The number of likely N-dealkylation sites (tertiary alicyclic amines) is 1. The summed E-state index contributed by atoms with van der Waals surface area (Å²) in [5, 5.41) is 4.21.